The van der Waals surface area contributed by atoms with Crippen molar-refractivity contribution in [1.82, 2.24) is 34.9 Å². The molecule has 1 saturated heterocycles. The highest BCUT2D eigenvalue weighted by molar-refractivity contribution is 5.74. The summed E-state index contributed by atoms with van der Waals surface area (Å²) >= 11 is 0. The fourth-order valence-electron chi connectivity index (χ4n) is 3.63. The summed E-state index contributed by atoms with van der Waals surface area (Å²) in [5.41, 5.74) is 3.66. The molecule has 1 aliphatic heterocycles. The summed E-state index contributed by atoms with van der Waals surface area (Å²) in [6, 6.07) is 2.21. The van der Waals surface area contributed by atoms with Crippen molar-refractivity contribution in [3.05, 3.63) is 41.7 Å². The van der Waals surface area contributed by atoms with Crippen LogP contribution in [0.15, 0.2) is 24.9 Å². The molecule has 0 bridgehead atoms. The topological polar surface area (TPSA) is 79.2 Å². The second kappa shape index (κ2) is 7.82. The lowest BCUT2D eigenvalue weighted by Gasteiger charge is -2.34. The van der Waals surface area contributed by atoms with Gasteiger partial charge in [0.15, 0.2) is 0 Å². The van der Waals surface area contributed by atoms with E-state index in [2.05, 4.69) is 31.3 Å². The van der Waals surface area contributed by atoms with E-state index in [9.17, 15) is 4.79 Å². The minimum atomic E-state index is 0.0152. The monoisotopic (exact) mass is 355 g/mol. The number of pyridine rings is 1. The second-order valence-electron chi connectivity index (χ2n) is 6.95. The van der Waals surface area contributed by atoms with Gasteiger partial charge in [-0.2, -0.15) is 5.10 Å². The van der Waals surface area contributed by atoms with Crippen LogP contribution in [0.1, 0.15) is 23.2 Å². The van der Waals surface area contributed by atoms with Gasteiger partial charge in [0.25, 0.3) is 0 Å². The van der Waals surface area contributed by atoms with Gasteiger partial charge in [-0.15, -0.1) is 0 Å². The van der Waals surface area contributed by atoms with Crippen LogP contribution in [0.2, 0.25) is 0 Å². The summed E-state index contributed by atoms with van der Waals surface area (Å²) in [6.07, 6.45) is 8.58. The average Bonchev–Trinajstić information content (AvgIpc) is 3.36. The van der Waals surface area contributed by atoms with Crippen LogP contribution in [0.25, 0.3) is 0 Å². The molecule has 4 rings (SSSR count). The molecule has 1 N–H and O–H groups in total. The molecule has 2 aliphatic rings. The molecule has 0 aromatic carbocycles. The third-order valence-electron chi connectivity index (χ3n) is 5.19. The number of urea groups is 1. The van der Waals surface area contributed by atoms with Crippen LogP contribution in [0, 0.1) is 0 Å². The molecule has 0 unspecified atom stereocenters. The standard InChI is InChI=1S/C18H25N7O/c26-18(21-12-15-10-16-2-1-3-17(16)20-11-15)24-7-4-23(5-8-24)6-9-25-14-19-13-22-25/h10-11,13-14H,1-9,12H2,(H,21,26). The van der Waals surface area contributed by atoms with E-state index >= 15 is 0 Å². The van der Waals surface area contributed by atoms with Gasteiger partial charge >= 0.3 is 6.03 Å². The molecule has 138 valence electrons. The van der Waals surface area contributed by atoms with Crippen molar-refractivity contribution in [2.24, 2.45) is 0 Å². The lowest BCUT2D eigenvalue weighted by atomic mass is 10.1. The van der Waals surface area contributed by atoms with Gasteiger partial charge in [0, 0.05) is 51.2 Å². The smallest absolute Gasteiger partial charge is 0.317 e. The minimum absolute atomic E-state index is 0.0152. The maximum absolute atomic E-state index is 12.4. The third-order valence-corrected chi connectivity index (χ3v) is 5.19. The van der Waals surface area contributed by atoms with Crippen LogP contribution in [-0.4, -0.2) is 68.3 Å². The lowest BCUT2D eigenvalue weighted by molar-refractivity contribution is 0.135. The normalized spacial score (nSPS) is 17.3. The number of aryl methyl sites for hydroxylation is 2. The largest absolute Gasteiger partial charge is 0.334 e. The van der Waals surface area contributed by atoms with E-state index in [0.29, 0.717) is 6.54 Å². The molecule has 2 amide bonds. The molecular weight excluding hydrogens is 330 g/mol. The zero-order valence-corrected chi connectivity index (χ0v) is 15.0. The van der Waals surface area contributed by atoms with Crippen LogP contribution in [0.3, 0.4) is 0 Å². The minimum Gasteiger partial charge on any atom is -0.334 e. The quantitative estimate of drug-likeness (QED) is 0.854. The summed E-state index contributed by atoms with van der Waals surface area (Å²) in [5, 5.41) is 7.15. The van der Waals surface area contributed by atoms with E-state index in [1.54, 1.807) is 12.7 Å². The van der Waals surface area contributed by atoms with Gasteiger partial charge in [-0.25, -0.2) is 9.78 Å². The van der Waals surface area contributed by atoms with Gasteiger partial charge in [-0.05, 0) is 30.4 Å². The van der Waals surface area contributed by atoms with Gasteiger partial charge in [0.1, 0.15) is 12.7 Å². The highest BCUT2D eigenvalue weighted by Crippen LogP contribution is 2.20. The fourth-order valence-corrected chi connectivity index (χ4v) is 3.63. The van der Waals surface area contributed by atoms with E-state index in [1.165, 1.54) is 17.7 Å². The van der Waals surface area contributed by atoms with Crippen LogP contribution >= 0.6 is 0 Å². The van der Waals surface area contributed by atoms with Crippen LogP contribution in [0.4, 0.5) is 4.79 Å². The molecule has 0 atom stereocenters. The SMILES string of the molecule is O=C(NCc1cnc2c(c1)CCC2)N1CCN(CCn2cncn2)CC1. The van der Waals surface area contributed by atoms with Crippen molar-refractivity contribution in [1.29, 1.82) is 0 Å². The molecule has 1 fully saturated rings. The van der Waals surface area contributed by atoms with E-state index < -0.39 is 0 Å². The Morgan fingerprint density at radius 2 is 2.04 bits per heavy atom. The summed E-state index contributed by atoms with van der Waals surface area (Å²) in [4.78, 5) is 25.1. The number of rotatable bonds is 5. The molecule has 0 saturated carbocycles. The highest BCUT2D eigenvalue weighted by atomic mass is 16.2. The number of nitrogens with one attached hydrogen (secondary N) is 1. The molecule has 2 aromatic rings. The Labute approximate surface area is 153 Å². The Morgan fingerprint density at radius 1 is 1.15 bits per heavy atom. The Bertz CT molecular complexity index is 738. The predicted octanol–water partition coefficient (Wildman–Crippen LogP) is 0.689. The number of carbonyl (C=O) groups excluding carboxylic acids is 1. The first-order chi connectivity index (χ1) is 12.8. The van der Waals surface area contributed by atoms with Crippen molar-refractivity contribution in [2.45, 2.75) is 32.4 Å². The van der Waals surface area contributed by atoms with Crippen molar-refractivity contribution in [3.8, 4) is 0 Å². The Hall–Kier alpha value is -2.48. The maximum Gasteiger partial charge on any atom is 0.317 e. The van der Waals surface area contributed by atoms with E-state index in [4.69, 9.17) is 0 Å². The number of piperazine rings is 1. The summed E-state index contributed by atoms with van der Waals surface area (Å²) in [5.74, 6) is 0. The first-order valence-corrected chi connectivity index (χ1v) is 9.32. The van der Waals surface area contributed by atoms with Crippen molar-refractivity contribution in [3.63, 3.8) is 0 Å². The number of nitrogens with zero attached hydrogens (tertiary/aromatic N) is 6. The molecule has 26 heavy (non-hydrogen) atoms. The molecule has 8 nitrogen and oxygen atoms in total. The first-order valence-electron chi connectivity index (χ1n) is 9.32. The van der Waals surface area contributed by atoms with Gasteiger partial charge in [0.2, 0.25) is 0 Å². The molecule has 3 heterocycles. The predicted molar refractivity (Wildman–Crippen MR) is 96.5 cm³/mol. The van der Waals surface area contributed by atoms with Crippen LogP contribution < -0.4 is 5.32 Å². The second-order valence-corrected chi connectivity index (χ2v) is 6.95. The molecule has 0 spiro atoms. The number of fused-ring (bicyclic) bond motifs is 1. The number of amides is 2. The van der Waals surface area contributed by atoms with Gasteiger partial charge < -0.3 is 10.2 Å². The Balaban J connectivity index is 1.20. The van der Waals surface area contributed by atoms with E-state index in [1.807, 2.05) is 15.8 Å². The molecule has 2 aromatic heterocycles. The fraction of sp³-hybridized carbons (Fsp3) is 0.556. The summed E-state index contributed by atoms with van der Waals surface area (Å²) in [7, 11) is 0. The number of aromatic nitrogens is 4. The molecule has 1 aliphatic carbocycles. The zero-order chi connectivity index (χ0) is 17.8. The number of hydrogen-bond acceptors (Lipinski definition) is 5. The van der Waals surface area contributed by atoms with Gasteiger partial charge in [-0.3, -0.25) is 14.6 Å². The Morgan fingerprint density at radius 3 is 2.85 bits per heavy atom. The van der Waals surface area contributed by atoms with Crippen molar-refractivity contribution in [2.75, 3.05) is 32.7 Å². The van der Waals surface area contributed by atoms with E-state index in [-0.39, 0.29) is 6.03 Å². The average molecular weight is 355 g/mol. The molecular formula is C18H25N7O. The lowest BCUT2D eigenvalue weighted by Crippen LogP contribution is -2.52. The zero-order valence-electron chi connectivity index (χ0n) is 15.0. The highest BCUT2D eigenvalue weighted by Gasteiger charge is 2.21. The van der Waals surface area contributed by atoms with Crippen LogP contribution in [0.5, 0.6) is 0 Å². The molecule has 8 heteroatoms. The Kier molecular flexibility index (Phi) is 5.10. The van der Waals surface area contributed by atoms with Gasteiger partial charge in [0.05, 0.1) is 6.54 Å². The third kappa shape index (κ3) is 4.01. The van der Waals surface area contributed by atoms with Crippen LogP contribution in [-0.2, 0) is 25.9 Å². The molecule has 0 radical (unpaired) electrons. The van der Waals surface area contributed by atoms with E-state index in [0.717, 1.165) is 57.7 Å². The number of hydrogen-bond donors (Lipinski definition) is 1. The first kappa shape index (κ1) is 17.0. The van der Waals surface area contributed by atoms with Gasteiger partial charge in [-0.1, -0.05) is 6.07 Å². The summed E-state index contributed by atoms with van der Waals surface area (Å²) in [6.45, 7) is 5.60. The van der Waals surface area contributed by atoms with Crippen molar-refractivity contribution < 1.29 is 4.79 Å². The maximum atomic E-state index is 12.4. The summed E-state index contributed by atoms with van der Waals surface area (Å²) < 4.78 is 1.84. The van der Waals surface area contributed by atoms with Crippen molar-refractivity contribution >= 4 is 6.03 Å². The number of carbonyl (C=O) groups is 1.